The minimum Gasteiger partial charge on any atom is -0.396 e. The van der Waals surface area contributed by atoms with Crippen LogP contribution in [0.2, 0.25) is 0 Å². The summed E-state index contributed by atoms with van der Waals surface area (Å²) in [5, 5.41) is 7.02. The molecule has 1 aromatic heterocycles. The number of amides is 1. The highest BCUT2D eigenvalue weighted by Gasteiger charge is 2.49. The van der Waals surface area contributed by atoms with Crippen molar-refractivity contribution in [1.29, 1.82) is 0 Å². The summed E-state index contributed by atoms with van der Waals surface area (Å²) in [6, 6.07) is 0.0938. The van der Waals surface area contributed by atoms with E-state index in [1.54, 1.807) is 20.4 Å². The zero-order valence-corrected chi connectivity index (χ0v) is 11.2. The number of nitrogens with one attached hydrogen (secondary N) is 1. The lowest BCUT2D eigenvalue weighted by Gasteiger charge is -2.51. The second-order valence-electron chi connectivity index (χ2n) is 5.41. The van der Waals surface area contributed by atoms with Crippen LogP contribution >= 0.6 is 0 Å². The van der Waals surface area contributed by atoms with Gasteiger partial charge in [-0.3, -0.25) is 9.48 Å². The number of nitrogens with zero attached hydrogens (tertiary/aromatic N) is 2. The molecule has 1 heterocycles. The van der Waals surface area contributed by atoms with E-state index in [1.807, 2.05) is 0 Å². The van der Waals surface area contributed by atoms with Gasteiger partial charge in [0.25, 0.3) is 5.91 Å². The minimum atomic E-state index is -0.222. The van der Waals surface area contributed by atoms with E-state index in [1.165, 1.54) is 4.68 Å². The third-order valence-corrected chi connectivity index (χ3v) is 3.84. The van der Waals surface area contributed by atoms with Gasteiger partial charge in [0.05, 0.1) is 11.8 Å². The van der Waals surface area contributed by atoms with Gasteiger partial charge in [-0.1, -0.05) is 13.8 Å². The van der Waals surface area contributed by atoms with Crippen molar-refractivity contribution in [1.82, 2.24) is 15.1 Å². The molecular formula is C12H20N4O2. The Bertz CT molecular complexity index is 467. The quantitative estimate of drug-likeness (QED) is 0.823. The van der Waals surface area contributed by atoms with Gasteiger partial charge in [0.2, 0.25) is 0 Å². The molecule has 1 aliphatic carbocycles. The number of hydrogen-bond acceptors (Lipinski definition) is 4. The minimum absolute atomic E-state index is 0.0616. The molecule has 1 aliphatic rings. The van der Waals surface area contributed by atoms with Crippen LogP contribution in [0.4, 0.5) is 5.69 Å². The van der Waals surface area contributed by atoms with Gasteiger partial charge < -0.3 is 15.8 Å². The highest BCUT2D eigenvalue weighted by atomic mass is 16.5. The maximum atomic E-state index is 12.1. The van der Waals surface area contributed by atoms with Gasteiger partial charge in [-0.05, 0) is 6.42 Å². The zero-order valence-electron chi connectivity index (χ0n) is 11.2. The number of carbonyl (C=O) groups is 1. The molecule has 0 aliphatic heterocycles. The Hall–Kier alpha value is -1.56. The van der Waals surface area contributed by atoms with Crippen molar-refractivity contribution >= 4 is 11.6 Å². The molecule has 1 aromatic rings. The molecule has 6 heteroatoms. The fourth-order valence-electron chi connectivity index (χ4n) is 2.44. The van der Waals surface area contributed by atoms with Crippen LogP contribution < -0.4 is 11.1 Å². The van der Waals surface area contributed by atoms with Gasteiger partial charge in [-0.15, -0.1) is 0 Å². The molecule has 0 saturated heterocycles. The van der Waals surface area contributed by atoms with Crippen LogP contribution in [-0.2, 0) is 11.8 Å². The first-order chi connectivity index (χ1) is 8.36. The summed E-state index contributed by atoms with van der Waals surface area (Å²) in [5.41, 5.74) is 6.35. The molecule has 2 rings (SSSR count). The van der Waals surface area contributed by atoms with Gasteiger partial charge in [0.1, 0.15) is 0 Å². The number of rotatable bonds is 3. The fraction of sp³-hybridized carbons (Fsp3) is 0.667. The summed E-state index contributed by atoms with van der Waals surface area (Å²) in [7, 11) is 3.43. The molecule has 1 amide bonds. The van der Waals surface area contributed by atoms with E-state index in [4.69, 9.17) is 10.5 Å². The summed E-state index contributed by atoms with van der Waals surface area (Å²) in [6.07, 6.45) is 2.63. The second-order valence-corrected chi connectivity index (χ2v) is 5.41. The third-order valence-electron chi connectivity index (χ3n) is 3.84. The summed E-state index contributed by atoms with van der Waals surface area (Å²) in [4.78, 5) is 12.1. The molecule has 6 nitrogen and oxygen atoms in total. The Kier molecular flexibility index (Phi) is 3.06. The number of methoxy groups -OCH3 is 1. The van der Waals surface area contributed by atoms with Crippen molar-refractivity contribution in [2.45, 2.75) is 32.4 Å². The maximum Gasteiger partial charge on any atom is 0.274 e. The molecule has 0 spiro atoms. The average molecular weight is 252 g/mol. The van der Waals surface area contributed by atoms with Gasteiger partial charge in [0, 0.05) is 31.8 Å². The monoisotopic (exact) mass is 252 g/mol. The number of ether oxygens (including phenoxy) is 1. The molecule has 1 fully saturated rings. The largest absolute Gasteiger partial charge is 0.396 e. The number of aryl methyl sites for hydroxylation is 1. The zero-order chi connectivity index (χ0) is 13.5. The van der Waals surface area contributed by atoms with E-state index in [2.05, 4.69) is 24.3 Å². The predicted molar refractivity (Wildman–Crippen MR) is 68.1 cm³/mol. The lowest BCUT2D eigenvalue weighted by molar-refractivity contribution is -0.0942. The lowest BCUT2D eigenvalue weighted by Crippen LogP contribution is -2.61. The van der Waals surface area contributed by atoms with Crippen LogP contribution in [0.5, 0.6) is 0 Å². The molecule has 1 saturated carbocycles. The third kappa shape index (κ3) is 1.96. The van der Waals surface area contributed by atoms with E-state index in [0.29, 0.717) is 5.69 Å². The normalized spacial score (nSPS) is 25.6. The molecule has 2 unspecified atom stereocenters. The smallest absolute Gasteiger partial charge is 0.274 e. The molecule has 2 atom stereocenters. The van der Waals surface area contributed by atoms with Gasteiger partial charge in [-0.2, -0.15) is 5.10 Å². The Morgan fingerprint density at radius 3 is 2.78 bits per heavy atom. The number of nitrogen functional groups attached to an aromatic ring is 1. The molecule has 100 valence electrons. The SMILES string of the molecule is COC1CC(NC(=O)c2nn(C)cc2N)C1(C)C. The Morgan fingerprint density at radius 1 is 1.67 bits per heavy atom. The van der Waals surface area contributed by atoms with Crippen molar-refractivity contribution < 1.29 is 9.53 Å². The van der Waals surface area contributed by atoms with E-state index < -0.39 is 0 Å². The lowest BCUT2D eigenvalue weighted by atomic mass is 9.64. The topological polar surface area (TPSA) is 82.2 Å². The molecule has 3 N–H and O–H groups in total. The maximum absolute atomic E-state index is 12.1. The van der Waals surface area contributed by atoms with Crippen molar-refractivity contribution in [2.75, 3.05) is 12.8 Å². The van der Waals surface area contributed by atoms with Crippen molar-refractivity contribution in [3.63, 3.8) is 0 Å². The standard InChI is InChI=1S/C12H20N4O2/c1-12(2)8(5-9(12)18-4)14-11(17)10-7(13)6-16(3)15-10/h6,8-9H,5,13H2,1-4H3,(H,14,17). The van der Waals surface area contributed by atoms with E-state index in [0.717, 1.165) is 6.42 Å². The molecule has 18 heavy (non-hydrogen) atoms. The van der Waals surface area contributed by atoms with Crippen LogP contribution in [0.25, 0.3) is 0 Å². The summed E-state index contributed by atoms with van der Waals surface area (Å²) >= 11 is 0. The first-order valence-corrected chi connectivity index (χ1v) is 5.99. The highest BCUT2D eigenvalue weighted by molar-refractivity contribution is 5.97. The number of hydrogen-bond donors (Lipinski definition) is 2. The fourth-order valence-corrected chi connectivity index (χ4v) is 2.44. The van der Waals surface area contributed by atoms with Crippen LogP contribution in [0, 0.1) is 5.41 Å². The predicted octanol–water partition coefficient (Wildman–Crippen LogP) is 0.546. The van der Waals surface area contributed by atoms with Crippen molar-refractivity contribution in [2.24, 2.45) is 12.5 Å². The van der Waals surface area contributed by atoms with E-state index >= 15 is 0 Å². The van der Waals surface area contributed by atoms with Crippen molar-refractivity contribution in [3.8, 4) is 0 Å². The first kappa shape index (κ1) is 12.9. The molecule has 0 aromatic carbocycles. The summed E-state index contributed by atoms with van der Waals surface area (Å²) in [5.74, 6) is -0.222. The van der Waals surface area contributed by atoms with Gasteiger partial charge in [0.15, 0.2) is 5.69 Å². The summed E-state index contributed by atoms with van der Waals surface area (Å²) in [6.45, 7) is 4.16. The number of carbonyl (C=O) groups excluding carboxylic acids is 1. The highest BCUT2D eigenvalue weighted by Crippen LogP contribution is 2.42. The van der Waals surface area contributed by atoms with E-state index in [9.17, 15) is 4.79 Å². The van der Waals surface area contributed by atoms with Crippen LogP contribution in [0.1, 0.15) is 30.8 Å². The van der Waals surface area contributed by atoms with Crippen LogP contribution in [0.3, 0.4) is 0 Å². The number of anilines is 1. The van der Waals surface area contributed by atoms with Crippen LogP contribution in [0.15, 0.2) is 6.20 Å². The second kappa shape index (κ2) is 4.28. The molecule has 0 radical (unpaired) electrons. The number of nitrogens with two attached hydrogens (primary N) is 1. The molecule has 0 bridgehead atoms. The summed E-state index contributed by atoms with van der Waals surface area (Å²) < 4.78 is 6.89. The average Bonchev–Trinajstić information content (AvgIpc) is 2.63. The van der Waals surface area contributed by atoms with Crippen molar-refractivity contribution in [3.05, 3.63) is 11.9 Å². The van der Waals surface area contributed by atoms with Gasteiger partial charge in [-0.25, -0.2) is 0 Å². The van der Waals surface area contributed by atoms with E-state index in [-0.39, 0.29) is 29.2 Å². The van der Waals surface area contributed by atoms with Gasteiger partial charge >= 0.3 is 0 Å². The molecular weight excluding hydrogens is 232 g/mol. The Morgan fingerprint density at radius 2 is 2.33 bits per heavy atom. The van der Waals surface area contributed by atoms with Crippen LogP contribution in [-0.4, -0.2) is 34.9 Å². The number of aromatic nitrogens is 2. The Labute approximate surface area is 106 Å². The Balaban J connectivity index is 2.04. The first-order valence-electron chi connectivity index (χ1n) is 5.99.